The van der Waals surface area contributed by atoms with Crippen LogP contribution in [0.25, 0.3) is 82.2 Å². The van der Waals surface area contributed by atoms with Crippen LogP contribution in [0.1, 0.15) is 0 Å². The number of imidazole rings is 1. The summed E-state index contributed by atoms with van der Waals surface area (Å²) in [6.45, 7) is 0. The molecule has 0 saturated heterocycles. The maximum atomic E-state index is 13.8. The summed E-state index contributed by atoms with van der Waals surface area (Å²) in [4.78, 5) is 33.8. The first kappa shape index (κ1) is 23.9. The first-order valence-corrected chi connectivity index (χ1v) is 14.6. The summed E-state index contributed by atoms with van der Waals surface area (Å²) in [6, 6.07) is 37.3. The highest BCUT2D eigenvalue weighted by atomic mass is 32.1. The van der Waals surface area contributed by atoms with Crippen LogP contribution in [-0.4, -0.2) is 24.3 Å². The summed E-state index contributed by atoms with van der Waals surface area (Å²) in [5, 5.41) is 2.69. The van der Waals surface area contributed by atoms with Gasteiger partial charge in [0.25, 0.3) is 5.56 Å². The molecule has 0 aliphatic heterocycles. The van der Waals surface area contributed by atoms with Gasteiger partial charge in [0, 0.05) is 32.2 Å². The number of nitrogens with zero attached hydrogens (tertiary/aromatic N) is 5. The molecule has 9 rings (SSSR count). The van der Waals surface area contributed by atoms with Crippen LogP contribution in [0.5, 0.6) is 0 Å². The molecule has 0 atom stereocenters. The van der Waals surface area contributed by atoms with Crippen molar-refractivity contribution in [1.29, 1.82) is 0 Å². The third-order valence-electron chi connectivity index (χ3n) is 7.71. The largest absolute Gasteiger partial charge is 0.456 e. The molecule has 0 N–H and O–H groups in total. The summed E-state index contributed by atoms with van der Waals surface area (Å²) in [6.07, 6.45) is 0. The van der Waals surface area contributed by atoms with Crippen molar-refractivity contribution in [3.63, 3.8) is 0 Å². The second-order valence-electron chi connectivity index (χ2n) is 10.3. The summed E-state index contributed by atoms with van der Waals surface area (Å²) in [7, 11) is 0. The van der Waals surface area contributed by atoms with Gasteiger partial charge in [0.1, 0.15) is 11.2 Å². The van der Waals surface area contributed by atoms with E-state index in [1.165, 1.54) is 11.3 Å². The van der Waals surface area contributed by atoms with E-state index in [2.05, 4.69) is 11.1 Å². The van der Waals surface area contributed by atoms with Crippen LogP contribution in [0.15, 0.2) is 124 Å². The molecule has 7 nitrogen and oxygen atoms in total. The first-order chi connectivity index (χ1) is 21.2. The summed E-state index contributed by atoms with van der Waals surface area (Å²) < 4.78 is 8.69. The van der Waals surface area contributed by atoms with Gasteiger partial charge in [0.2, 0.25) is 0 Å². The molecular formula is C35H19N5O2S. The Morgan fingerprint density at radius 2 is 1.23 bits per heavy atom. The lowest BCUT2D eigenvalue weighted by atomic mass is 10.1. The summed E-state index contributed by atoms with van der Waals surface area (Å²) in [5.41, 5.74) is 5.48. The summed E-state index contributed by atoms with van der Waals surface area (Å²) >= 11 is 1.49. The second kappa shape index (κ2) is 9.14. The molecule has 0 amide bonds. The van der Waals surface area contributed by atoms with Crippen LogP contribution in [-0.2, 0) is 0 Å². The van der Waals surface area contributed by atoms with Crippen molar-refractivity contribution in [2.45, 2.75) is 0 Å². The highest BCUT2D eigenvalue weighted by Crippen LogP contribution is 2.33. The van der Waals surface area contributed by atoms with Crippen LogP contribution in [0, 0.1) is 0 Å². The summed E-state index contributed by atoms with van der Waals surface area (Å²) in [5.74, 6) is 1.55. The quantitative estimate of drug-likeness (QED) is 0.212. The maximum Gasteiger partial charge on any atom is 0.266 e. The van der Waals surface area contributed by atoms with Crippen molar-refractivity contribution < 1.29 is 4.42 Å². The van der Waals surface area contributed by atoms with Crippen LogP contribution in [0.2, 0.25) is 0 Å². The van der Waals surface area contributed by atoms with E-state index in [1.54, 1.807) is 4.40 Å². The molecule has 0 aliphatic carbocycles. The van der Waals surface area contributed by atoms with Gasteiger partial charge in [-0.05, 0) is 48.5 Å². The standard InChI is InChI=1S/C35H19N5O2S/c41-34-25-18-21(15-17-30(25)43-35-36-26-11-5-6-12-27(26)40(34)35)32-37-31(20-8-2-1-3-9-20)38-33(39-32)22-14-16-24-23-10-4-7-13-28(23)42-29(24)19-22/h1-19H. The van der Waals surface area contributed by atoms with Crippen molar-refractivity contribution in [1.82, 2.24) is 24.3 Å². The van der Waals surface area contributed by atoms with Gasteiger partial charge in [-0.1, -0.05) is 78.1 Å². The average molecular weight is 574 g/mol. The predicted octanol–water partition coefficient (Wildman–Crippen LogP) is 8.15. The van der Waals surface area contributed by atoms with E-state index >= 15 is 0 Å². The number of fused-ring (bicyclic) bond motifs is 7. The monoisotopic (exact) mass is 573 g/mol. The van der Waals surface area contributed by atoms with E-state index in [1.807, 2.05) is 109 Å². The maximum absolute atomic E-state index is 13.8. The van der Waals surface area contributed by atoms with Crippen LogP contribution in [0.4, 0.5) is 0 Å². The minimum atomic E-state index is -0.118. The molecule has 0 unspecified atom stereocenters. The first-order valence-electron chi connectivity index (χ1n) is 13.8. The van der Waals surface area contributed by atoms with E-state index in [-0.39, 0.29) is 5.56 Å². The van der Waals surface area contributed by atoms with Gasteiger partial charge >= 0.3 is 0 Å². The minimum Gasteiger partial charge on any atom is -0.456 e. The SMILES string of the molecule is O=c1c2cc(-c3nc(-c4ccccc4)nc(-c4ccc5c(c4)oc4ccccc45)n3)ccc2sc2nc3ccccc3n12. The fourth-order valence-electron chi connectivity index (χ4n) is 5.63. The Bertz CT molecular complexity index is 2600. The van der Waals surface area contributed by atoms with Crippen molar-refractivity contribution in [2.24, 2.45) is 0 Å². The lowest BCUT2D eigenvalue weighted by molar-refractivity contribution is 0.669. The molecule has 5 aromatic carbocycles. The zero-order chi connectivity index (χ0) is 28.5. The van der Waals surface area contributed by atoms with Gasteiger partial charge in [0.05, 0.1) is 16.4 Å². The second-order valence-corrected chi connectivity index (χ2v) is 11.3. The van der Waals surface area contributed by atoms with Crippen LogP contribution >= 0.6 is 11.3 Å². The molecule has 0 saturated carbocycles. The third-order valence-corrected chi connectivity index (χ3v) is 8.74. The molecule has 4 heterocycles. The topological polar surface area (TPSA) is 86.2 Å². The molecule has 0 fully saturated rings. The molecule has 202 valence electrons. The molecule has 0 aliphatic rings. The smallest absolute Gasteiger partial charge is 0.266 e. The van der Waals surface area contributed by atoms with Gasteiger partial charge in [-0.15, -0.1) is 0 Å². The number of hydrogen-bond acceptors (Lipinski definition) is 7. The number of aromatic nitrogens is 5. The lowest BCUT2D eigenvalue weighted by Gasteiger charge is -2.09. The van der Waals surface area contributed by atoms with Crippen molar-refractivity contribution in [2.75, 3.05) is 0 Å². The van der Waals surface area contributed by atoms with E-state index < -0.39 is 0 Å². The average Bonchev–Trinajstić information content (AvgIpc) is 3.63. The highest BCUT2D eigenvalue weighted by Gasteiger charge is 2.17. The zero-order valence-electron chi connectivity index (χ0n) is 22.4. The Hall–Kier alpha value is -5.73. The molecule has 0 radical (unpaired) electrons. The molecule has 43 heavy (non-hydrogen) atoms. The molecule has 8 heteroatoms. The fraction of sp³-hybridized carbons (Fsp3) is 0. The Morgan fingerprint density at radius 3 is 2.09 bits per heavy atom. The normalized spacial score (nSPS) is 11.8. The number of hydrogen-bond donors (Lipinski definition) is 0. The lowest BCUT2D eigenvalue weighted by Crippen LogP contribution is -2.11. The van der Waals surface area contributed by atoms with E-state index in [9.17, 15) is 4.79 Å². The molecular weight excluding hydrogens is 554 g/mol. The molecule has 4 aromatic heterocycles. The Kier molecular flexibility index (Phi) is 5.08. The van der Waals surface area contributed by atoms with Crippen LogP contribution in [0.3, 0.4) is 0 Å². The van der Waals surface area contributed by atoms with Crippen molar-refractivity contribution in [3.05, 3.63) is 126 Å². The van der Waals surface area contributed by atoms with E-state index in [4.69, 9.17) is 19.4 Å². The number of furan rings is 1. The molecule has 0 spiro atoms. The van der Waals surface area contributed by atoms with Gasteiger partial charge in [0.15, 0.2) is 22.4 Å². The highest BCUT2D eigenvalue weighted by molar-refractivity contribution is 7.23. The zero-order valence-corrected chi connectivity index (χ0v) is 23.2. The molecule has 9 aromatic rings. The number of rotatable bonds is 3. The van der Waals surface area contributed by atoms with E-state index in [0.29, 0.717) is 27.8 Å². The minimum absolute atomic E-state index is 0.118. The Morgan fingerprint density at radius 1 is 0.558 bits per heavy atom. The fourth-order valence-corrected chi connectivity index (χ4v) is 6.63. The number of para-hydroxylation sites is 3. The van der Waals surface area contributed by atoms with Crippen molar-refractivity contribution in [3.8, 4) is 34.2 Å². The Balaban J connectivity index is 1.26. The van der Waals surface area contributed by atoms with Gasteiger partial charge in [-0.25, -0.2) is 24.3 Å². The van der Waals surface area contributed by atoms with Gasteiger partial charge < -0.3 is 4.42 Å². The third kappa shape index (κ3) is 3.77. The number of benzene rings is 5. The predicted molar refractivity (Wildman–Crippen MR) is 171 cm³/mol. The Labute approximate surface area is 247 Å². The van der Waals surface area contributed by atoms with E-state index in [0.717, 1.165) is 54.4 Å². The van der Waals surface area contributed by atoms with Crippen LogP contribution < -0.4 is 5.56 Å². The van der Waals surface area contributed by atoms with Gasteiger partial charge in [-0.3, -0.25) is 4.79 Å². The molecule has 0 bridgehead atoms. The van der Waals surface area contributed by atoms with Gasteiger partial charge in [-0.2, -0.15) is 0 Å². The van der Waals surface area contributed by atoms with Crippen molar-refractivity contribution >= 4 is 59.4 Å².